The van der Waals surface area contributed by atoms with Gasteiger partial charge in [0.1, 0.15) is 0 Å². The van der Waals surface area contributed by atoms with E-state index in [1.165, 1.54) is 0 Å². The van der Waals surface area contributed by atoms with Crippen molar-refractivity contribution in [2.45, 2.75) is 30.2 Å². The molecule has 0 radical (unpaired) electrons. The molecule has 1 fully saturated rings. The molecule has 2 rings (SSSR count). The van der Waals surface area contributed by atoms with E-state index < -0.39 is 0 Å². The van der Waals surface area contributed by atoms with E-state index in [4.69, 9.17) is 23.2 Å². The quantitative estimate of drug-likeness (QED) is 0.666. The Hall–Kier alpha value is -0.380. The lowest BCUT2D eigenvalue weighted by molar-refractivity contribution is 0.0930. The Bertz CT molecular complexity index is 467. The maximum atomic E-state index is 12.3. The van der Waals surface area contributed by atoms with Crippen LogP contribution in [0.5, 0.6) is 0 Å². The highest BCUT2D eigenvalue weighted by Gasteiger charge is 2.28. The first-order valence-electron chi connectivity index (χ1n) is 6.36. The van der Waals surface area contributed by atoms with Crippen molar-refractivity contribution in [2.75, 3.05) is 12.1 Å². The van der Waals surface area contributed by atoms with Gasteiger partial charge in [0.25, 0.3) is 5.91 Å². The summed E-state index contributed by atoms with van der Waals surface area (Å²) in [6, 6.07) is 5.71. The maximum absolute atomic E-state index is 12.3. The third-order valence-corrected chi connectivity index (χ3v) is 5.04. The molecule has 0 aliphatic heterocycles. The van der Waals surface area contributed by atoms with Crippen LogP contribution in [-0.4, -0.2) is 24.1 Å². The number of nitrogens with one attached hydrogen (secondary N) is 1. The first-order valence-corrected chi connectivity index (χ1v) is 8.49. The third-order valence-electron chi connectivity index (χ3n) is 3.59. The van der Waals surface area contributed by atoms with Crippen LogP contribution in [0.15, 0.2) is 23.1 Å². The number of thioether (sulfide) groups is 1. The molecular weight excluding hydrogens is 301 g/mol. The lowest BCUT2D eigenvalue weighted by atomic mass is 10.1. The van der Waals surface area contributed by atoms with Crippen molar-refractivity contribution in [2.24, 2.45) is 5.92 Å². The molecule has 2 atom stereocenters. The molecule has 5 heteroatoms. The van der Waals surface area contributed by atoms with E-state index >= 15 is 0 Å². The lowest BCUT2D eigenvalue weighted by Gasteiger charge is -2.19. The molecule has 2 nitrogen and oxygen atoms in total. The van der Waals surface area contributed by atoms with Gasteiger partial charge in [-0.05, 0) is 43.2 Å². The van der Waals surface area contributed by atoms with Crippen LogP contribution in [0.4, 0.5) is 0 Å². The molecule has 1 saturated carbocycles. The second kappa shape index (κ2) is 6.87. The van der Waals surface area contributed by atoms with Crippen LogP contribution < -0.4 is 5.32 Å². The molecule has 0 saturated heterocycles. The fourth-order valence-corrected chi connectivity index (χ4v) is 3.48. The second-order valence-corrected chi connectivity index (χ2v) is 6.37. The Labute approximate surface area is 128 Å². The largest absolute Gasteiger partial charge is 0.349 e. The molecule has 1 aromatic carbocycles. The topological polar surface area (TPSA) is 29.1 Å². The molecule has 19 heavy (non-hydrogen) atoms. The Kier molecular flexibility index (Phi) is 5.43. The summed E-state index contributed by atoms with van der Waals surface area (Å²) in [6.07, 6.45) is 5.20. The van der Waals surface area contributed by atoms with Gasteiger partial charge < -0.3 is 5.32 Å². The van der Waals surface area contributed by atoms with Gasteiger partial charge in [-0.1, -0.05) is 18.0 Å². The number of carbonyl (C=O) groups excluding carboxylic acids is 1. The number of halogens is 2. The average Bonchev–Trinajstić information content (AvgIpc) is 2.86. The van der Waals surface area contributed by atoms with Crippen molar-refractivity contribution < 1.29 is 4.79 Å². The van der Waals surface area contributed by atoms with E-state index in [9.17, 15) is 4.79 Å². The van der Waals surface area contributed by atoms with E-state index in [2.05, 4.69) is 5.32 Å². The molecule has 1 aromatic rings. The summed E-state index contributed by atoms with van der Waals surface area (Å²) in [7, 11) is 0. The van der Waals surface area contributed by atoms with Crippen molar-refractivity contribution in [3.8, 4) is 0 Å². The second-order valence-electron chi connectivity index (χ2n) is 4.77. The van der Waals surface area contributed by atoms with Crippen LogP contribution in [0, 0.1) is 5.92 Å². The van der Waals surface area contributed by atoms with Gasteiger partial charge in [0, 0.05) is 16.8 Å². The van der Waals surface area contributed by atoms with Gasteiger partial charge in [-0.25, -0.2) is 0 Å². The maximum Gasteiger partial charge on any atom is 0.253 e. The summed E-state index contributed by atoms with van der Waals surface area (Å²) in [5, 5.41) is 3.57. The highest BCUT2D eigenvalue weighted by Crippen LogP contribution is 2.28. The van der Waals surface area contributed by atoms with Gasteiger partial charge in [0.05, 0.1) is 10.6 Å². The summed E-state index contributed by atoms with van der Waals surface area (Å²) in [5.74, 6) is 0.889. The lowest BCUT2D eigenvalue weighted by Crippen LogP contribution is -2.38. The number of amides is 1. The zero-order chi connectivity index (χ0) is 13.8. The Balaban J connectivity index is 2.11. The summed E-state index contributed by atoms with van der Waals surface area (Å²) in [6.45, 7) is 0. The van der Waals surface area contributed by atoms with Gasteiger partial charge in [0.15, 0.2) is 0 Å². The minimum absolute atomic E-state index is 0.0945. The first kappa shape index (κ1) is 15.0. The number of benzene rings is 1. The molecule has 1 N–H and O–H groups in total. The number of hydrogen-bond donors (Lipinski definition) is 1. The molecule has 1 aliphatic rings. The van der Waals surface area contributed by atoms with E-state index in [-0.39, 0.29) is 11.9 Å². The van der Waals surface area contributed by atoms with Crippen LogP contribution in [0.3, 0.4) is 0 Å². The molecule has 0 heterocycles. The Morgan fingerprint density at radius 2 is 2.26 bits per heavy atom. The van der Waals surface area contributed by atoms with Gasteiger partial charge in [-0.3, -0.25) is 4.79 Å². The number of hydrogen-bond acceptors (Lipinski definition) is 2. The number of carbonyl (C=O) groups is 1. The van der Waals surface area contributed by atoms with Crippen LogP contribution in [0.2, 0.25) is 5.02 Å². The highest BCUT2D eigenvalue weighted by atomic mass is 35.5. The fourth-order valence-electron chi connectivity index (χ4n) is 2.46. The summed E-state index contributed by atoms with van der Waals surface area (Å²) in [4.78, 5) is 13.3. The smallest absolute Gasteiger partial charge is 0.253 e. The number of alkyl halides is 1. The fraction of sp³-hybridized carbons (Fsp3) is 0.500. The summed E-state index contributed by atoms with van der Waals surface area (Å²) < 4.78 is 0. The van der Waals surface area contributed by atoms with Crippen molar-refractivity contribution in [1.29, 1.82) is 0 Å². The van der Waals surface area contributed by atoms with E-state index in [1.54, 1.807) is 17.8 Å². The summed E-state index contributed by atoms with van der Waals surface area (Å²) in [5.41, 5.74) is 0.550. The minimum atomic E-state index is -0.0945. The van der Waals surface area contributed by atoms with Crippen LogP contribution in [-0.2, 0) is 0 Å². The molecule has 0 bridgehead atoms. The van der Waals surface area contributed by atoms with Gasteiger partial charge in [-0.15, -0.1) is 23.4 Å². The predicted octanol–water partition coefficient (Wildman–Crippen LogP) is 4.20. The highest BCUT2D eigenvalue weighted by molar-refractivity contribution is 7.98. The van der Waals surface area contributed by atoms with E-state index in [0.29, 0.717) is 22.4 Å². The molecule has 0 aromatic heterocycles. The standard InChI is InChI=1S/C14H17Cl2NOS/c1-19-10-5-6-12(16)11(7-10)14(18)17-13-4-2-3-9(13)8-15/h5-7,9,13H,2-4,8H2,1H3,(H,17,18). The molecular formula is C14H17Cl2NOS. The normalized spacial score (nSPS) is 22.5. The van der Waals surface area contributed by atoms with Gasteiger partial charge in [0.2, 0.25) is 0 Å². The molecule has 1 amide bonds. The van der Waals surface area contributed by atoms with E-state index in [1.807, 2.05) is 18.4 Å². The zero-order valence-electron chi connectivity index (χ0n) is 10.8. The van der Waals surface area contributed by atoms with Gasteiger partial charge >= 0.3 is 0 Å². The van der Waals surface area contributed by atoms with Crippen LogP contribution in [0.25, 0.3) is 0 Å². The average molecular weight is 318 g/mol. The van der Waals surface area contributed by atoms with Gasteiger partial charge in [-0.2, -0.15) is 0 Å². The molecule has 2 unspecified atom stereocenters. The SMILES string of the molecule is CSc1ccc(Cl)c(C(=O)NC2CCCC2CCl)c1. The zero-order valence-corrected chi connectivity index (χ0v) is 13.1. The molecule has 1 aliphatic carbocycles. The van der Waals surface area contributed by atoms with Crippen LogP contribution in [0.1, 0.15) is 29.6 Å². The number of rotatable bonds is 4. The van der Waals surface area contributed by atoms with Crippen LogP contribution >= 0.6 is 35.0 Å². The third kappa shape index (κ3) is 3.59. The predicted molar refractivity (Wildman–Crippen MR) is 82.5 cm³/mol. The monoisotopic (exact) mass is 317 g/mol. The Morgan fingerprint density at radius 1 is 1.47 bits per heavy atom. The van der Waals surface area contributed by atoms with E-state index in [0.717, 1.165) is 24.2 Å². The van der Waals surface area contributed by atoms with Crippen molar-refractivity contribution in [1.82, 2.24) is 5.32 Å². The molecule has 104 valence electrons. The van der Waals surface area contributed by atoms with Crippen molar-refractivity contribution in [3.05, 3.63) is 28.8 Å². The molecule has 0 spiro atoms. The first-order chi connectivity index (χ1) is 9.15. The minimum Gasteiger partial charge on any atom is -0.349 e. The van der Waals surface area contributed by atoms with Crippen molar-refractivity contribution >= 4 is 40.9 Å². The summed E-state index contributed by atoms with van der Waals surface area (Å²) >= 11 is 13.6. The Morgan fingerprint density at radius 3 is 2.95 bits per heavy atom. The van der Waals surface area contributed by atoms with Crippen molar-refractivity contribution in [3.63, 3.8) is 0 Å².